The summed E-state index contributed by atoms with van der Waals surface area (Å²) < 4.78 is 5.63. The Morgan fingerprint density at radius 3 is 3.08 bits per heavy atom. The number of nitrogens with one attached hydrogen (secondary N) is 1. The van der Waals surface area contributed by atoms with Gasteiger partial charge in [0.15, 0.2) is 0 Å². The third-order valence-corrected chi connectivity index (χ3v) is 2.92. The van der Waals surface area contributed by atoms with Gasteiger partial charge in [-0.25, -0.2) is 0 Å². The molecule has 3 heteroatoms. The molecule has 0 aromatic heterocycles. The first kappa shape index (κ1) is 9.44. The molecule has 3 nitrogen and oxygen atoms in total. The standard InChI is InChI=1S/C10H20N2O/c1-3-10(13-8-1)9-12-6-2-4-11-5-7-12/h10-11H,1-9H2/t10-/m1/s1. The molecular weight excluding hydrogens is 164 g/mol. The number of nitrogens with zero attached hydrogens (tertiary/aromatic N) is 1. The van der Waals surface area contributed by atoms with Crippen LogP contribution in [-0.4, -0.2) is 50.3 Å². The Morgan fingerprint density at radius 1 is 1.23 bits per heavy atom. The van der Waals surface area contributed by atoms with E-state index >= 15 is 0 Å². The predicted molar refractivity (Wildman–Crippen MR) is 52.9 cm³/mol. The van der Waals surface area contributed by atoms with E-state index in [9.17, 15) is 0 Å². The Hall–Kier alpha value is -0.120. The van der Waals surface area contributed by atoms with Crippen LogP contribution in [0.5, 0.6) is 0 Å². The number of rotatable bonds is 2. The second-order valence-corrected chi connectivity index (χ2v) is 4.04. The Labute approximate surface area is 80.4 Å². The Kier molecular flexibility index (Phi) is 3.58. The average molecular weight is 184 g/mol. The third kappa shape index (κ3) is 2.93. The molecule has 2 rings (SSSR count). The molecule has 0 spiro atoms. The molecule has 2 heterocycles. The van der Waals surface area contributed by atoms with E-state index in [1.54, 1.807) is 0 Å². The van der Waals surface area contributed by atoms with Gasteiger partial charge in [0.05, 0.1) is 6.10 Å². The molecule has 0 aromatic carbocycles. The van der Waals surface area contributed by atoms with Gasteiger partial charge in [0.1, 0.15) is 0 Å². The first-order valence-electron chi connectivity index (χ1n) is 5.50. The van der Waals surface area contributed by atoms with Crippen LogP contribution < -0.4 is 5.32 Å². The SMILES string of the molecule is C1CO[C@@H](CN2CCCNCC2)C1. The van der Waals surface area contributed by atoms with Gasteiger partial charge in [-0.05, 0) is 32.4 Å². The monoisotopic (exact) mass is 184 g/mol. The van der Waals surface area contributed by atoms with Crippen molar-refractivity contribution >= 4 is 0 Å². The summed E-state index contributed by atoms with van der Waals surface area (Å²) in [4.78, 5) is 2.54. The highest BCUT2D eigenvalue weighted by Gasteiger charge is 2.19. The Bertz CT molecular complexity index is 138. The predicted octanol–water partition coefficient (Wildman–Crippen LogP) is 0.461. The third-order valence-electron chi connectivity index (χ3n) is 2.92. The van der Waals surface area contributed by atoms with Gasteiger partial charge < -0.3 is 10.1 Å². The van der Waals surface area contributed by atoms with Crippen LogP contribution in [0.4, 0.5) is 0 Å². The number of hydrogen-bond donors (Lipinski definition) is 1. The van der Waals surface area contributed by atoms with Gasteiger partial charge in [-0.3, -0.25) is 4.90 Å². The molecule has 0 aromatic rings. The summed E-state index contributed by atoms with van der Waals surface area (Å²) in [5.41, 5.74) is 0. The molecule has 0 radical (unpaired) electrons. The molecule has 2 aliphatic heterocycles. The lowest BCUT2D eigenvalue weighted by Crippen LogP contribution is -2.34. The van der Waals surface area contributed by atoms with E-state index in [0.29, 0.717) is 6.10 Å². The molecule has 0 aliphatic carbocycles. The van der Waals surface area contributed by atoms with E-state index in [-0.39, 0.29) is 0 Å². The van der Waals surface area contributed by atoms with Gasteiger partial charge in [-0.15, -0.1) is 0 Å². The van der Waals surface area contributed by atoms with Crippen LogP contribution in [0.3, 0.4) is 0 Å². The lowest BCUT2D eigenvalue weighted by molar-refractivity contribution is 0.0753. The zero-order chi connectivity index (χ0) is 8.93. The van der Waals surface area contributed by atoms with Crippen molar-refractivity contribution in [3.05, 3.63) is 0 Å². The second-order valence-electron chi connectivity index (χ2n) is 4.04. The molecule has 2 saturated heterocycles. The van der Waals surface area contributed by atoms with Gasteiger partial charge in [0, 0.05) is 26.2 Å². The molecule has 13 heavy (non-hydrogen) atoms. The zero-order valence-electron chi connectivity index (χ0n) is 8.30. The highest BCUT2D eigenvalue weighted by molar-refractivity contribution is 4.73. The van der Waals surface area contributed by atoms with E-state index < -0.39 is 0 Å². The van der Waals surface area contributed by atoms with Crippen LogP contribution in [-0.2, 0) is 4.74 Å². The minimum atomic E-state index is 0.526. The topological polar surface area (TPSA) is 24.5 Å². The molecule has 1 N–H and O–H groups in total. The maximum absolute atomic E-state index is 5.63. The van der Waals surface area contributed by atoms with Crippen molar-refractivity contribution in [1.82, 2.24) is 10.2 Å². The van der Waals surface area contributed by atoms with Gasteiger partial charge in [-0.2, -0.15) is 0 Å². The van der Waals surface area contributed by atoms with Crippen LogP contribution in [0.25, 0.3) is 0 Å². The van der Waals surface area contributed by atoms with Crippen molar-refractivity contribution in [1.29, 1.82) is 0 Å². The summed E-state index contributed by atoms with van der Waals surface area (Å²) in [6.07, 6.45) is 4.34. The van der Waals surface area contributed by atoms with Crippen molar-refractivity contribution < 1.29 is 4.74 Å². The van der Waals surface area contributed by atoms with Gasteiger partial charge in [-0.1, -0.05) is 0 Å². The van der Waals surface area contributed by atoms with Crippen molar-refractivity contribution in [2.75, 3.05) is 39.3 Å². The van der Waals surface area contributed by atoms with E-state index in [4.69, 9.17) is 4.74 Å². The summed E-state index contributed by atoms with van der Waals surface area (Å²) >= 11 is 0. The normalized spacial score (nSPS) is 31.8. The van der Waals surface area contributed by atoms with E-state index in [0.717, 1.165) is 19.7 Å². The molecule has 0 unspecified atom stereocenters. The van der Waals surface area contributed by atoms with Crippen molar-refractivity contribution in [2.24, 2.45) is 0 Å². The maximum atomic E-state index is 5.63. The Balaban J connectivity index is 1.71. The molecule has 2 fully saturated rings. The first-order chi connectivity index (χ1) is 6.45. The molecule has 0 saturated carbocycles. The average Bonchev–Trinajstić information content (AvgIpc) is 2.49. The van der Waals surface area contributed by atoms with Crippen LogP contribution in [0.15, 0.2) is 0 Å². The molecule has 2 aliphatic rings. The van der Waals surface area contributed by atoms with E-state index in [1.165, 1.54) is 38.9 Å². The van der Waals surface area contributed by atoms with E-state index in [1.807, 2.05) is 0 Å². The summed E-state index contributed by atoms with van der Waals surface area (Å²) in [7, 11) is 0. The summed E-state index contributed by atoms with van der Waals surface area (Å²) in [5.74, 6) is 0. The number of ether oxygens (including phenoxy) is 1. The van der Waals surface area contributed by atoms with Gasteiger partial charge >= 0.3 is 0 Å². The smallest absolute Gasteiger partial charge is 0.0702 e. The lowest BCUT2D eigenvalue weighted by atomic mass is 10.2. The van der Waals surface area contributed by atoms with Crippen molar-refractivity contribution in [2.45, 2.75) is 25.4 Å². The largest absolute Gasteiger partial charge is 0.377 e. The minimum Gasteiger partial charge on any atom is -0.377 e. The van der Waals surface area contributed by atoms with Gasteiger partial charge in [0.25, 0.3) is 0 Å². The van der Waals surface area contributed by atoms with Crippen molar-refractivity contribution in [3.63, 3.8) is 0 Å². The summed E-state index contributed by atoms with van der Waals surface area (Å²) in [6, 6.07) is 0. The zero-order valence-corrected chi connectivity index (χ0v) is 8.30. The fraction of sp³-hybridized carbons (Fsp3) is 1.00. The molecule has 76 valence electrons. The van der Waals surface area contributed by atoms with Crippen molar-refractivity contribution in [3.8, 4) is 0 Å². The molecule has 0 amide bonds. The van der Waals surface area contributed by atoms with Gasteiger partial charge in [0.2, 0.25) is 0 Å². The fourth-order valence-corrected chi connectivity index (χ4v) is 2.16. The highest BCUT2D eigenvalue weighted by Crippen LogP contribution is 2.13. The quantitative estimate of drug-likeness (QED) is 0.675. The second kappa shape index (κ2) is 4.94. The molecule has 0 bridgehead atoms. The van der Waals surface area contributed by atoms with Crippen LogP contribution >= 0.6 is 0 Å². The minimum absolute atomic E-state index is 0.526. The first-order valence-corrected chi connectivity index (χ1v) is 5.50. The lowest BCUT2D eigenvalue weighted by Gasteiger charge is -2.22. The van der Waals surface area contributed by atoms with E-state index in [2.05, 4.69) is 10.2 Å². The van der Waals surface area contributed by atoms with Crippen LogP contribution in [0.1, 0.15) is 19.3 Å². The summed E-state index contributed by atoms with van der Waals surface area (Å²) in [6.45, 7) is 6.90. The fourth-order valence-electron chi connectivity index (χ4n) is 2.16. The number of hydrogen-bond acceptors (Lipinski definition) is 3. The maximum Gasteiger partial charge on any atom is 0.0702 e. The Morgan fingerprint density at radius 2 is 2.23 bits per heavy atom. The van der Waals surface area contributed by atoms with Crippen LogP contribution in [0.2, 0.25) is 0 Å². The van der Waals surface area contributed by atoms with Crippen LogP contribution in [0, 0.1) is 0 Å². The summed E-state index contributed by atoms with van der Waals surface area (Å²) in [5, 5.41) is 3.42. The molecule has 1 atom stereocenters. The molecular formula is C10H20N2O. The highest BCUT2D eigenvalue weighted by atomic mass is 16.5.